The van der Waals surface area contributed by atoms with Gasteiger partial charge < -0.3 is 4.90 Å². The van der Waals surface area contributed by atoms with Gasteiger partial charge in [-0.15, -0.1) is 0 Å². The standard InChI is InChI=1S/C19H20N4/c1-4-12(2)22-10-9-14-13(3)15(11-20)18-21-16-7-5-6-8-17(16)23(18)19(14)22/h5-8,12H,4,9-10H2,1-3H3/t12-/m1/s1. The molecule has 4 rings (SSSR count). The molecule has 0 aliphatic carbocycles. The van der Waals surface area contributed by atoms with Crippen LogP contribution >= 0.6 is 0 Å². The number of benzene rings is 1. The van der Waals surface area contributed by atoms with E-state index in [0.29, 0.717) is 11.6 Å². The minimum absolute atomic E-state index is 0.480. The second-order valence-electron chi connectivity index (χ2n) is 6.37. The zero-order valence-corrected chi connectivity index (χ0v) is 13.8. The van der Waals surface area contributed by atoms with Gasteiger partial charge in [0.15, 0.2) is 5.65 Å². The molecule has 116 valence electrons. The van der Waals surface area contributed by atoms with Gasteiger partial charge in [-0.1, -0.05) is 19.1 Å². The SMILES string of the molecule is CC[C@@H](C)N1CCc2c(C)c(C#N)c3nc4ccccc4n3c21. The van der Waals surface area contributed by atoms with E-state index in [4.69, 9.17) is 4.98 Å². The molecule has 23 heavy (non-hydrogen) atoms. The Bertz CT molecular complexity index is 961. The first-order chi connectivity index (χ1) is 11.2. The molecule has 1 aliphatic rings. The fourth-order valence-corrected chi connectivity index (χ4v) is 3.75. The maximum absolute atomic E-state index is 9.68. The van der Waals surface area contributed by atoms with E-state index < -0.39 is 0 Å². The molecule has 1 atom stereocenters. The van der Waals surface area contributed by atoms with Crippen molar-refractivity contribution in [2.45, 2.75) is 39.7 Å². The number of pyridine rings is 1. The van der Waals surface area contributed by atoms with Gasteiger partial charge in [0.1, 0.15) is 11.9 Å². The topological polar surface area (TPSA) is 44.3 Å². The van der Waals surface area contributed by atoms with Gasteiger partial charge in [0.25, 0.3) is 0 Å². The number of nitriles is 1. The van der Waals surface area contributed by atoms with Crippen LogP contribution in [0.5, 0.6) is 0 Å². The van der Waals surface area contributed by atoms with Crippen LogP contribution in [0.2, 0.25) is 0 Å². The van der Waals surface area contributed by atoms with Gasteiger partial charge in [-0.3, -0.25) is 4.40 Å². The molecule has 4 heteroatoms. The van der Waals surface area contributed by atoms with Gasteiger partial charge in [0.2, 0.25) is 0 Å². The third-order valence-corrected chi connectivity index (χ3v) is 5.20. The molecule has 3 heterocycles. The normalized spacial score (nSPS) is 15.1. The zero-order valence-electron chi connectivity index (χ0n) is 13.8. The van der Waals surface area contributed by atoms with Crippen molar-refractivity contribution in [1.29, 1.82) is 5.26 Å². The summed E-state index contributed by atoms with van der Waals surface area (Å²) in [7, 11) is 0. The van der Waals surface area contributed by atoms with Crippen molar-refractivity contribution in [2.24, 2.45) is 0 Å². The lowest BCUT2D eigenvalue weighted by Crippen LogP contribution is -2.31. The third kappa shape index (κ3) is 1.80. The minimum atomic E-state index is 0.480. The highest BCUT2D eigenvalue weighted by Crippen LogP contribution is 2.38. The molecule has 4 nitrogen and oxygen atoms in total. The molecular weight excluding hydrogens is 284 g/mol. The van der Waals surface area contributed by atoms with Crippen molar-refractivity contribution in [3.63, 3.8) is 0 Å². The molecule has 0 saturated carbocycles. The van der Waals surface area contributed by atoms with E-state index in [0.717, 1.165) is 41.6 Å². The first-order valence-electron chi connectivity index (χ1n) is 8.26. The molecule has 3 aromatic rings. The summed E-state index contributed by atoms with van der Waals surface area (Å²) in [5.74, 6) is 1.24. The Hall–Kier alpha value is -2.54. The highest BCUT2D eigenvalue weighted by atomic mass is 15.3. The molecule has 0 spiro atoms. The van der Waals surface area contributed by atoms with Crippen molar-refractivity contribution in [2.75, 3.05) is 11.4 Å². The molecule has 0 fully saturated rings. The van der Waals surface area contributed by atoms with Crippen LogP contribution < -0.4 is 4.90 Å². The number of para-hydroxylation sites is 2. The highest BCUT2D eigenvalue weighted by Gasteiger charge is 2.30. The van der Waals surface area contributed by atoms with Gasteiger partial charge in [-0.05, 0) is 49.9 Å². The monoisotopic (exact) mass is 304 g/mol. The van der Waals surface area contributed by atoms with Crippen molar-refractivity contribution in [3.05, 3.63) is 41.0 Å². The summed E-state index contributed by atoms with van der Waals surface area (Å²) in [6.07, 6.45) is 2.11. The van der Waals surface area contributed by atoms with Gasteiger partial charge >= 0.3 is 0 Å². The quantitative estimate of drug-likeness (QED) is 0.723. The Kier molecular flexibility index (Phi) is 3.05. The van der Waals surface area contributed by atoms with Crippen molar-refractivity contribution >= 4 is 22.5 Å². The molecule has 0 N–H and O–H groups in total. The number of anilines is 1. The maximum atomic E-state index is 9.68. The van der Waals surface area contributed by atoms with Crippen molar-refractivity contribution in [1.82, 2.24) is 9.38 Å². The summed E-state index contributed by atoms with van der Waals surface area (Å²) >= 11 is 0. The maximum Gasteiger partial charge on any atom is 0.157 e. The zero-order chi connectivity index (χ0) is 16.1. The van der Waals surface area contributed by atoms with Gasteiger partial charge in [-0.25, -0.2) is 4.98 Å². The molecule has 1 aliphatic heterocycles. The molecule has 0 radical (unpaired) electrons. The summed E-state index contributed by atoms with van der Waals surface area (Å²) in [6, 6.07) is 11.0. The van der Waals surface area contributed by atoms with Crippen LogP contribution in [0.1, 0.15) is 37.0 Å². The Morgan fingerprint density at radius 2 is 2.13 bits per heavy atom. The Balaban J connectivity index is 2.19. The lowest BCUT2D eigenvalue weighted by molar-refractivity contribution is 0.629. The lowest BCUT2D eigenvalue weighted by atomic mass is 10.0. The lowest BCUT2D eigenvalue weighted by Gasteiger charge is -2.27. The molecular formula is C19H20N4. The van der Waals surface area contributed by atoms with E-state index in [1.54, 1.807) is 0 Å². The van der Waals surface area contributed by atoms with Crippen LogP contribution in [-0.4, -0.2) is 22.0 Å². The molecule has 0 saturated heterocycles. The van der Waals surface area contributed by atoms with Gasteiger partial charge in [0.05, 0.1) is 16.6 Å². The first-order valence-corrected chi connectivity index (χ1v) is 8.26. The fraction of sp³-hybridized carbons (Fsp3) is 0.368. The summed E-state index contributed by atoms with van der Waals surface area (Å²) < 4.78 is 2.20. The number of fused-ring (bicyclic) bond motifs is 5. The smallest absolute Gasteiger partial charge is 0.157 e. The minimum Gasteiger partial charge on any atom is -0.354 e. The molecule has 0 bridgehead atoms. The van der Waals surface area contributed by atoms with Crippen LogP contribution in [0.3, 0.4) is 0 Å². The largest absolute Gasteiger partial charge is 0.354 e. The van der Waals surface area contributed by atoms with Crippen LogP contribution in [0.15, 0.2) is 24.3 Å². The molecule has 0 unspecified atom stereocenters. The second kappa shape index (κ2) is 4.99. The number of hydrogen-bond donors (Lipinski definition) is 0. The Morgan fingerprint density at radius 3 is 2.87 bits per heavy atom. The van der Waals surface area contributed by atoms with E-state index in [9.17, 15) is 5.26 Å². The number of hydrogen-bond acceptors (Lipinski definition) is 3. The number of nitrogens with zero attached hydrogens (tertiary/aromatic N) is 4. The van der Waals surface area contributed by atoms with Gasteiger partial charge in [0, 0.05) is 12.6 Å². The number of rotatable bonds is 2. The van der Waals surface area contributed by atoms with Crippen LogP contribution in [0, 0.1) is 18.3 Å². The average Bonchev–Trinajstić information content (AvgIpc) is 3.15. The summed E-state index contributed by atoms with van der Waals surface area (Å²) in [4.78, 5) is 7.23. The van der Waals surface area contributed by atoms with E-state index in [1.165, 1.54) is 11.4 Å². The summed E-state index contributed by atoms with van der Waals surface area (Å²) in [5.41, 5.74) is 5.94. The van der Waals surface area contributed by atoms with E-state index in [1.807, 2.05) is 18.2 Å². The number of aromatic nitrogens is 2. The third-order valence-electron chi connectivity index (χ3n) is 5.20. The predicted octanol–water partition coefficient (Wildman–Crippen LogP) is 3.83. The highest BCUT2D eigenvalue weighted by molar-refractivity contribution is 5.86. The van der Waals surface area contributed by atoms with Crippen LogP contribution in [-0.2, 0) is 6.42 Å². The van der Waals surface area contributed by atoms with E-state index >= 15 is 0 Å². The van der Waals surface area contributed by atoms with Crippen LogP contribution in [0.4, 0.5) is 5.82 Å². The van der Waals surface area contributed by atoms with Crippen molar-refractivity contribution in [3.8, 4) is 6.07 Å². The number of imidazole rings is 1. The average molecular weight is 304 g/mol. The Labute approximate surface area is 136 Å². The summed E-state index contributed by atoms with van der Waals surface area (Å²) in [5, 5.41) is 9.68. The second-order valence-corrected chi connectivity index (χ2v) is 6.37. The van der Waals surface area contributed by atoms with Crippen LogP contribution in [0.25, 0.3) is 16.7 Å². The van der Waals surface area contributed by atoms with E-state index in [2.05, 4.69) is 42.2 Å². The summed E-state index contributed by atoms with van der Waals surface area (Å²) in [6.45, 7) is 7.58. The fourth-order valence-electron chi connectivity index (χ4n) is 3.75. The Morgan fingerprint density at radius 1 is 1.35 bits per heavy atom. The molecule has 0 amide bonds. The first kappa shape index (κ1) is 14.1. The van der Waals surface area contributed by atoms with Crippen molar-refractivity contribution < 1.29 is 0 Å². The van der Waals surface area contributed by atoms with Gasteiger partial charge in [-0.2, -0.15) is 5.26 Å². The van der Waals surface area contributed by atoms with E-state index in [-0.39, 0.29) is 0 Å². The predicted molar refractivity (Wildman–Crippen MR) is 93.0 cm³/mol. The molecule has 1 aromatic carbocycles. The molecule has 2 aromatic heterocycles.